The topological polar surface area (TPSA) is 74.5 Å². The van der Waals surface area contributed by atoms with Crippen LogP contribution in [0.25, 0.3) is 0 Å². The summed E-state index contributed by atoms with van der Waals surface area (Å²) in [6, 6.07) is 5.24. The predicted octanol–water partition coefficient (Wildman–Crippen LogP) is 0.781. The first-order valence-electron chi connectivity index (χ1n) is 7.05. The van der Waals surface area contributed by atoms with E-state index in [1.54, 1.807) is 18.2 Å². The van der Waals surface area contributed by atoms with Crippen molar-refractivity contribution in [2.75, 3.05) is 38.1 Å². The van der Waals surface area contributed by atoms with Crippen molar-refractivity contribution in [1.82, 2.24) is 14.8 Å². The summed E-state index contributed by atoms with van der Waals surface area (Å²) in [4.78, 5) is 20.8. The number of nitrogens with two attached hydrogens (primary N) is 1. The maximum absolute atomic E-state index is 12.4. The predicted molar refractivity (Wildman–Crippen MR) is 79.2 cm³/mol. The number of hydrazine groups is 1. The molecule has 0 aliphatic carbocycles. The Morgan fingerprint density at radius 2 is 2.05 bits per heavy atom. The molecule has 6 heteroatoms. The summed E-state index contributed by atoms with van der Waals surface area (Å²) in [6.45, 7) is 8.89. The van der Waals surface area contributed by atoms with Gasteiger partial charge in [0.2, 0.25) is 0 Å². The van der Waals surface area contributed by atoms with Crippen LogP contribution in [0.1, 0.15) is 24.3 Å². The standard InChI is InChI=1S/C14H23N5O/c1-11(2)10-18-6-8-19(9-7-18)14(20)12-4-3-5-13(16-12)17-15/h3-5,11H,6-10,15H2,1-2H3,(H,16,17). The third-order valence-corrected chi connectivity index (χ3v) is 3.40. The van der Waals surface area contributed by atoms with Crippen LogP contribution in [0.2, 0.25) is 0 Å². The van der Waals surface area contributed by atoms with Gasteiger partial charge in [0, 0.05) is 32.7 Å². The quantitative estimate of drug-likeness (QED) is 0.628. The fourth-order valence-corrected chi connectivity index (χ4v) is 2.45. The normalized spacial score (nSPS) is 16.5. The number of carbonyl (C=O) groups is 1. The highest BCUT2D eigenvalue weighted by molar-refractivity contribution is 5.92. The van der Waals surface area contributed by atoms with Gasteiger partial charge in [0.05, 0.1) is 0 Å². The highest BCUT2D eigenvalue weighted by atomic mass is 16.2. The third kappa shape index (κ3) is 3.68. The molecule has 0 spiro atoms. The molecule has 1 aromatic rings. The van der Waals surface area contributed by atoms with Crippen LogP contribution < -0.4 is 11.3 Å². The highest BCUT2D eigenvalue weighted by Gasteiger charge is 2.23. The van der Waals surface area contributed by atoms with Crippen LogP contribution >= 0.6 is 0 Å². The van der Waals surface area contributed by atoms with Gasteiger partial charge in [-0.2, -0.15) is 0 Å². The summed E-state index contributed by atoms with van der Waals surface area (Å²) in [7, 11) is 0. The van der Waals surface area contributed by atoms with Crippen LogP contribution in [0, 0.1) is 5.92 Å². The van der Waals surface area contributed by atoms with E-state index in [0.29, 0.717) is 17.4 Å². The first-order chi connectivity index (χ1) is 9.60. The van der Waals surface area contributed by atoms with Gasteiger partial charge < -0.3 is 10.3 Å². The molecule has 20 heavy (non-hydrogen) atoms. The number of pyridine rings is 1. The number of hydrogen-bond donors (Lipinski definition) is 2. The summed E-state index contributed by atoms with van der Waals surface area (Å²) in [5.74, 6) is 6.46. The maximum atomic E-state index is 12.4. The summed E-state index contributed by atoms with van der Waals surface area (Å²) in [6.07, 6.45) is 0. The number of piperazine rings is 1. The summed E-state index contributed by atoms with van der Waals surface area (Å²) in [5, 5.41) is 0. The van der Waals surface area contributed by atoms with E-state index in [4.69, 9.17) is 5.84 Å². The Labute approximate surface area is 119 Å². The van der Waals surface area contributed by atoms with Crippen molar-refractivity contribution in [3.8, 4) is 0 Å². The zero-order chi connectivity index (χ0) is 14.5. The second-order valence-corrected chi connectivity index (χ2v) is 5.54. The van der Waals surface area contributed by atoms with Gasteiger partial charge in [-0.3, -0.25) is 9.69 Å². The molecule has 1 amide bonds. The number of anilines is 1. The number of carbonyl (C=O) groups excluding carboxylic acids is 1. The van der Waals surface area contributed by atoms with Crippen molar-refractivity contribution in [2.45, 2.75) is 13.8 Å². The molecule has 0 aromatic carbocycles. The van der Waals surface area contributed by atoms with Gasteiger partial charge in [-0.25, -0.2) is 10.8 Å². The van der Waals surface area contributed by atoms with Crippen molar-refractivity contribution in [3.63, 3.8) is 0 Å². The fourth-order valence-electron chi connectivity index (χ4n) is 2.45. The Morgan fingerprint density at radius 1 is 1.35 bits per heavy atom. The Hall–Kier alpha value is -1.66. The summed E-state index contributed by atoms with van der Waals surface area (Å²) >= 11 is 0. The Balaban J connectivity index is 1.94. The molecule has 0 saturated carbocycles. The number of rotatable bonds is 4. The monoisotopic (exact) mass is 277 g/mol. The molecule has 1 fully saturated rings. The van der Waals surface area contributed by atoms with Crippen molar-refractivity contribution in [3.05, 3.63) is 23.9 Å². The first kappa shape index (κ1) is 14.7. The minimum Gasteiger partial charge on any atom is -0.335 e. The molecule has 2 rings (SSSR count). The van der Waals surface area contributed by atoms with Crippen molar-refractivity contribution in [2.24, 2.45) is 11.8 Å². The zero-order valence-electron chi connectivity index (χ0n) is 12.2. The van der Waals surface area contributed by atoms with Gasteiger partial charge in [0.15, 0.2) is 0 Å². The van der Waals surface area contributed by atoms with Gasteiger partial charge in [0.1, 0.15) is 11.5 Å². The van der Waals surface area contributed by atoms with E-state index in [0.717, 1.165) is 32.7 Å². The lowest BCUT2D eigenvalue weighted by Crippen LogP contribution is -2.49. The molecular formula is C14H23N5O. The second-order valence-electron chi connectivity index (χ2n) is 5.54. The molecule has 1 aromatic heterocycles. The van der Waals surface area contributed by atoms with Crippen LogP contribution in [-0.2, 0) is 0 Å². The SMILES string of the molecule is CC(C)CN1CCN(C(=O)c2cccc(NN)n2)CC1. The molecule has 1 aliphatic heterocycles. The lowest BCUT2D eigenvalue weighted by atomic mass is 10.2. The molecule has 0 atom stereocenters. The molecule has 6 nitrogen and oxygen atoms in total. The van der Waals surface area contributed by atoms with Crippen LogP contribution in [0.15, 0.2) is 18.2 Å². The maximum Gasteiger partial charge on any atom is 0.272 e. The molecule has 0 bridgehead atoms. The molecule has 1 aliphatic rings. The Morgan fingerprint density at radius 3 is 2.65 bits per heavy atom. The molecule has 0 radical (unpaired) electrons. The van der Waals surface area contributed by atoms with Crippen LogP contribution in [0.4, 0.5) is 5.82 Å². The van der Waals surface area contributed by atoms with Crippen LogP contribution in [0.5, 0.6) is 0 Å². The molecule has 2 heterocycles. The van der Waals surface area contributed by atoms with Gasteiger partial charge in [-0.15, -0.1) is 0 Å². The lowest BCUT2D eigenvalue weighted by molar-refractivity contribution is 0.0618. The highest BCUT2D eigenvalue weighted by Crippen LogP contribution is 2.10. The number of amides is 1. The minimum absolute atomic E-state index is 0.0219. The second kappa shape index (κ2) is 6.67. The van der Waals surface area contributed by atoms with Gasteiger partial charge in [-0.1, -0.05) is 19.9 Å². The van der Waals surface area contributed by atoms with E-state index < -0.39 is 0 Å². The van der Waals surface area contributed by atoms with Gasteiger partial charge in [-0.05, 0) is 18.1 Å². The average molecular weight is 277 g/mol. The van der Waals surface area contributed by atoms with Gasteiger partial charge >= 0.3 is 0 Å². The summed E-state index contributed by atoms with van der Waals surface area (Å²) in [5.41, 5.74) is 2.91. The van der Waals surface area contributed by atoms with E-state index in [2.05, 4.69) is 29.2 Å². The molecular weight excluding hydrogens is 254 g/mol. The fraction of sp³-hybridized carbons (Fsp3) is 0.571. The van der Waals surface area contributed by atoms with Crippen molar-refractivity contribution < 1.29 is 4.79 Å². The largest absolute Gasteiger partial charge is 0.335 e. The van der Waals surface area contributed by atoms with E-state index in [1.165, 1.54) is 0 Å². The van der Waals surface area contributed by atoms with Crippen molar-refractivity contribution >= 4 is 11.7 Å². The number of nitrogen functional groups attached to an aromatic ring is 1. The third-order valence-electron chi connectivity index (χ3n) is 3.40. The molecule has 3 N–H and O–H groups in total. The molecule has 110 valence electrons. The zero-order valence-corrected chi connectivity index (χ0v) is 12.2. The number of nitrogens with zero attached hydrogens (tertiary/aromatic N) is 3. The Bertz CT molecular complexity index is 455. The van der Waals surface area contributed by atoms with Crippen LogP contribution in [-0.4, -0.2) is 53.4 Å². The van der Waals surface area contributed by atoms with E-state index >= 15 is 0 Å². The minimum atomic E-state index is -0.0219. The average Bonchev–Trinajstić information content (AvgIpc) is 2.47. The van der Waals surface area contributed by atoms with Crippen LogP contribution in [0.3, 0.4) is 0 Å². The lowest BCUT2D eigenvalue weighted by Gasteiger charge is -2.35. The van der Waals surface area contributed by atoms with E-state index in [9.17, 15) is 4.79 Å². The summed E-state index contributed by atoms with van der Waals surface area (Å²) < 4.78 is 0. The number of nitrogens with one attached hydrogen (secondary N) is 1. The molecule has 0 unspecified atom stereocenters. The molecule has 1 saturated heterocycles. The Kier molecular flexibility index (Phi) is 4.92. The number of aromatic nitrogens is 1. The van der Waals surface area contributed by atoms with E-state index in [1.807, 2.05) is 4.90 Å². The number of hydrogen-bond acceptors (Lipinski definition) is 5. The first-order valence-corrected chi connectivity index (χ1v) is 7.05. The van der Waals surface area contributed by atoms with Crippen molar-refractivity contribution in [1.29, 1.82) is 0 Å². The smallest absolute Gasteiger partial charge is 0.272 e. The van der Waals surface area contributed by atoms with E-state index in [-0.39, 0.29) is 5.91 Å². The van der Waals surface area contributed by atoms with Gasteiger partial charge in [0.25, 0.3) is 5.91 Å².